The van der Waals surface area contributed by atoms with Crippen molar-refractivity contribution in [3.8, 4) is 0 Å². The number of benzene rings is 2. The SMILES string of the molecule is COC12C[C@@H](COS(=O)(=O)c3ccc(C)cc3)CN(C)[C@@H]1Cc1cn(C)c3cccc2c13. The lowest BCUT2D eigenvalue weighted by Crippen LogP contribution is -2.59. The van der Waals surface area contributed by atoms with Crippen LogP contribution in [0.1, 0.15) is 23.1 Å². The number of ether oxygens (including phenoxy) is 1. The molecule has 2 aromatic carbocycles. The van der Waals surface area contributed by atoms with Crippen molar-refractivity contribution in [2.75, 3.05) is 27.3 Å². The Morgan fingerprint density at radius 3 is 2.59 bits per heavy atom. The highest BCUT2D eigenvalue weighted by Crippen LogP contribution is 2.49. The number of piperidine rings is 1. The fourth-order valence-corrected chi connectivity index (χ4v) is 6.76. The van der Waals surface area contributed by atoms with Crippen molar-refractivity contribution in [3.05, 3.63) is 65.4 Å². The molecule has 0 saturated carbocycles. The van der Waals surface area contributed by atoms with Crippen molar-refractivity contribution in [2.24, 2.45) is 13.0 Å². The van der Waals surface area contributed by atoms with Gasteiger partial charge in [0.05, 0.1) is 11.5 Å². The molecule has 0 bridgehead atoms. The summed E-state index contributed by atoms with van der Waals surface area (Å²) in [5.74, 6) is 0.0249. The number of aryl methyl sites for hydroxylation is 2. The van der Waals surface area contributed by atoms with Gasteiger partial charge in [-0.3, -0.25) is 9.08 Å². The van der Waals surface area contributed by atoms with Crippen LogP contribution < -0.4 is 0 Å². The molecule has 0 spiro atoms. The van der Waals surface area contributed by atoms with Crippen LogP contribution in [0.2, 0.25) is 0 Å². The molecule has 5 rings (SSSR count). The van der Waals surface area contributed by atoms with Gasteiger partial charge in [0.15, 0.2) is 0 Å². The summed E-state index contributed by atoms with van der Waals surface area (Å²) in [7, 11) is 2.17. The van der Waals surface area contributed by atoms with Gasteiger partial charge in [-0.2, -0.15) is 8.42 Å². The van der Waals surface area contributed by atoms with E-state index in [1.165, 1.54) is 22.0 Å². The van der Waals surface area contributed by atoms with E-state index in [-0.39, 0.29) is 23.5 Å². The first kappa shape index (κ1) is 21.6. The molecule has 0 radical (unpaired) electrons. The number of methoxy groups -OCH3 is 1. The van der Waals surface area contributed by atoms with E-state index in [2.05, 4.69) is 48.0 Å². The first-order valence-corrected chi connectivity index (χ1v) is 12.4. The van der Waals surface area contributed by atoms with Crippen molar-refractivity contribution in [2.45, 2.75) is 36.3 Å². The third-order valence-electron chi connectivity index (χ3n) is 7.30. The lowest BCUT2D eigenvalue weighted by molar-refractivity contribution is -0.129. The van der Waals surface area contributed by atoms with Gasteiger partial charge in [0.2, 0.25) is 0 Å². The number of fused-ring (bicyclic) bond motifs is 2. The first-order valence-electron chi connectivity index (χ1n) is 11.0. The number of rotatable bonds is 5. The lowest BCUT2D eigenvalue weighted by Gasteiger charge is -2.53. The maximum absolute atomic E-state index is 12.8. The van der Waals surface area contributed by atoms with Gasteiger partial charge >= 0.3 is 0 Å². The third-order valence-corrected chi connectivity index (χ3v) is 8.60. The number of likely N-dealkylation sites (tertiary alicyclic amines) is 1. The van der Waals surface area contributed by atoms with E-state index in [4.69, 9.17) is 8.92 Å². The summed E-state index contributed by atoms with van der Waals surface area (Å²) in [5, 5.41) is 1.27. The summed E-state index contributed by atoms with van der Waals surface area (Å²) in [5.41, 5.74) is 4.26. The Kier molecular flexibility index (Phi) is 5.21. The molecule has 3 aromatic rings. The molecule has 3 atom stereocenters. The van der Waals surface area contributed by atoms with Gasteiger partial charge in [0.25, 0.3) is 10.1 Å². The van der Waals surface area contributed by atoms with E-state index in [1.54, 1.807) is 31.4 Å². The van der Waals surface area contributed by atoms with E-state index in [0.29, 0.717) is 0 Å². The Balaban J connectivity index is 1.45. The Hall–Kier alpha value is -2.19. The standard InChI is InChI=1S/C25H30N2O4S/c1-17-8-10-20(11-9-17)32(28,29)31-16-18-13-25(30-4)21-6-5-7-22-24(21)19(15-26(22)2)12-23(25)27(3)14-18/h5-11,15,18,23H,12-14,16H2,1-4H3/t18-,23-,25?/m1/s1. The molecule has 1 saturated heterocycles. The zero-order valence-corrected chi connectivity index (χ0v) is 19.9. The summed E-state index contributed by atoms with van der Waals surface area (Å²) in [6.07, 6.45) is 3.86. The smallest absolute Gasteiger partial charge is 0.296 e. The van der Waals surface area contributed by atoms with Crippen molar-refractivity contribution < 1.29 is 17.3 Å². The topological polar surface area (TPSA) is 60.8 Å². The third kappa shape index (κ3) is 3.30. The summed E-state index contributed by atoms with van der Waals surface area (Å²) in [4.78, 5) is 2.51. The van der Waals surface area contributed by atoms with E-state index in [1.807, 2.05) is 6.92 Å². The fraction of sp³-hybridized carbons (Fsp3) is 0.440. The molecule has 1 aromatic heterocycles. The van der Waals surface area contributed by atoms with Crippen molar-refractivity contribution in [1.29, 1.82) is 0 Å². The van der Waals surface area contributed by atoms with Gasteiger partial charge in [0, 0.05) is 43.8 Å². The molecular formula is C25H30N2O4S. The van der Waals surface area contributed by atoms with Gasteiger partial charge in [0.1, 0.15) is 5.60 Å². The zero-order valence-electron chi connectivity index (χ0n) is 19.0. The number of hydrogen-bond acceptors (Lipinski definition) is 5. The molecule has 2 aliphatic rings. The second-order valence-corrected chi connectivity index (χ2v) is 11.0. The van der Waals surface area contributed by atoms with E-state index in [9.17, 15) is 8.42 Å². The Labute approximate surface area is 189 Å². The maximum atomic E-state index is 12.8. The van der Waals surface area contributed by atoms with Crippen molar-refractivity contribution >= 4 is 21.0 Å². The molecule has 6 nitrogen and oxygen atoms in total. The predicted molar refractivity (Wildman–Crippen MR) is 124 cm³/mol. The Morgan fingerprint density at radius 1 is 1.12 bits per heavy atom. The maximum Gasteiger partial charge on any atom is 0.296 e. The zero-order chi connectivity index (χ0) is 22.7. The van der Waals surface area contributed by atoms with Crippen LogP contribution >= 0.6 is 0 Å². The van der Waals surface area contributed by atoms with Gasteiger partial charge < -0.3 is 9.30 Å². The summed E-state index contributed by atoms with van der Waals surface area (Å²) >= 11 is 0. The molecule has 1 fully saturated rings. The lowest BCUT2D eigenvalue weighted by atomic mass is 9.69. The van der Waals surface area contributed by atoms with Gasteiger partial charge in [-0.25, -0.2) is 0 Å². The molecule has 170 valence electrons. The second-order valence-electron chi connectivity index (χ2n) is 9.34. The van der Waals surface area contributed by atoms with Crippen LogP contribution in [0.4, 0.5) is 0 Å². The highest BCUT2D eigenvalue weighted by molar-refractivity contribution is 7.86. The van der Waals surface area contributed by atoms with E-state index >= 15 is 0 Å². The van der Waals surface area contributed by atoms with Crippen molar-refractivity contribution in [3.63, 3.8) is 0 Å². The highest BCUT2D eigenvalue weighted by Gasteiger charge is 2.51. The number of aromatic nitrogens is 1. The van der Waals surface area contributed by atoms with Crippen LogP contribution in [0.15, 0.2) is 53.6 Å². The first-order chi connectivity index (χ1) is 15.2. The minimum absolute atomic E-state index is 0.0249. The van der Waals surface area contributed by atoms with Crippen LogP contribution in [0, 0.1) is 12.8 Å². The highest BCUT2D eigenvalue weighted by atomic mass is 32.2. The van der Waals surface area contributed by atoms with Crippen LogP contribution in [-0.4, -0.2) is 51.2 Å². The predicted octanol–water partition coefficient (Wildman–Crippen LogP) is 3.61. The molecule has 32 heavy (non-hydrogen) atoms. The van der Waals surface area contributed by atoms with Gasteiger partial charge in [-0.05, 0) is 62.1 Å². The molecular weight excluding hydrogens is 424 g/mol. The van der Waals surface area contributed by atoms with Crippen LogP contribution in [0.3, 0.4) is 0 Å². The largest absolute Gasteiger partial charge is 0.372 e. The van der Waals surface area contributed by atoms with Gasteiger partial charge in [-0.15, -0.1) is 0 Å². The number of hydrogen-bond donors (Lipinski definition) is 0. The Morgan fingerprint density at radius 2 is 1.88 bits per heavy atom. The van der Waals surface area contributed by atoms with Crippen LogP contribution in [0.5, 0.6) is 0 Å². The van der Waals surface area contributed by atoms with Crippen LogP contribution in [-0.2, 0) is 38.1 Å². The molecule has 1 aliphatic carbocycles. The molecule has 7 heteroatoms. The minimum Gasteiger partial charge on any atom is -0.372 e. The van der Waals surface area contributed by atoms with Crippen molar-refractivity contribution in [1.82, 2.24) is 9.47 Å². The summed E-state index contributed by atoms with van der Waals surface area (Å²) in [6, 6.07) is 13.4. The molecule has 2 heterocycles. The Bertz CT molecular complexity index is 1270. The quantitative estimate of drug-likeness (QED) is 0.551. The number of likely N-dealkylation sites (N-methyl/N-ethyl adjacent to an activating group) is 1. The molecule has 0 N–H and O–H groups in total. The molecule has 1 aliphatic heterocycles. The number of nitrogens with zero attached hydrogens (tertiary/aromatic N) is 2. The summed E-state index contributed by atoms with van der Waals surface area (Å²) < 4.78 is 39.5. The molecule has 0 amide bonds. The second kappa shape index (κ2) is 7.70. The van der Waals surface area contributed by atoms with Gasteiger partial charge in [-0.1, -0.05) is 29.8 Å². The fourth-order valence-electron chi connectivity index (χ4n) is 5.78. The average Bonchev–Trinajstić information content (AvgIpc) is 3.10. The van der Waals surface area contributed by atoms with E-state index < -0.39 is 15.7 Å². The van der Waals surface area contributed by atoms with E-state index in [0.717, 1.165) is 24.9 Å². The summed E-state index contributed by atoms with van der Waals surface area (Å²) in [6.45, 7) is 2.83. The minimum atomic E-state index is -3.80. The normalized spacial score (nSPS) is 25.8. The monoisotopic (exact) mass is 454 g/mol. The van der Waals surface area contributed by atoms with Crippen LogP contribution in [0.25, 0.3) is 10.9 Å². The molecule has 1 unspecified atom stereocenters. The average molecular weight is 455 g/mol.